The molecule has 0 rings (SSSR count). The zero-order valence-electron chi connectivity index (χ0n) is 24.2. The van der Waals surface area contributed by atoms with Crippen LogP contribution in [0.25, 0.3) is 0 Å². The Morgan fingerprint density at radius 1 is 0.700 bits per heavy atom. The van der Waals surface area contributed by atoms with E-state index in [4.69, 9.17) is 16.6 Å². The summed E-state index contributed by atoms with van der Waals surface area (Å²) in [7, 11) is 0. The minimum Gasteiger partial charge on any atom is -0.481 e. The van der Waals surface area contributed by atoms with Gasteiger partial charge in [-0.05, 0) is 51.0 Å². The third-order valence-electron chi connectivity index (χ3n) is 6.95. The predicted molar refractivity (Wildman–Crippen MR) is 148 cm³/mol. The highest BCUT2D eigenvalue weighted by Gasteiger charge is 2.32. The summed E-state index contributed by atoms with van der Waals surface area (Å²) in [5.41, 5.74) is 11.4. The van der Waals surface area contributed by atoms with E-state index in [9.17, 15) is 33.9 Å². The lowest BCUT2D eigenvalue weighted by Crippen LogP contribution is -2.59. The Morgan fingerprint density at radius 2 is 1.27 bits per heavy atom. The standard InChI is InChI=1S/C26H48N6O8/c1-6-14(3)20(28)24(37)32-21(15(4)7-2)25(38)29-16(5)22(35)30-17(11-12-19(33)34)23(36)31-18(26(39)40)10-8-9-13-27/h14-18,20-21H,6-13,27-28H2,1-5H3,(H,29,38)(H,30,35)(H,31,36)(H,32,37)(H,33,34)(H,39,40)/t14-,15-,16-,17-,18-,20-,21-/m0/s1. The van der Waals surface area contributed by atoms with Gasteiger partial charge in [-0.25, -0.2) is 4.79 Å². The molecule has 230 valence electrons. The van der Waals surface area contributed by atoms with Crippen LogP contribution in [0.15, 0.2) is 0 Å². The molecule has 0 saturated carbocycles. The number of carboxylic acids is 2. The maximum absolute atomic E-state index is 13.1. The molecule has 0 saturated heterocycles. The molecule has 0 aromatic rings. The first-order chi connectivity index (χ1) is 18.7. The molecular formula is C26H48N6O8. The van der Waals surface area contributed by atoms with Crippen LogP contribution in [0.3, 0.4) is 0 Å². The predicted octanol–water partition coefficient (Wildman–Crippen LogP) is -0.557. The molecular weight excluding hydrogens is 524 g/mol. The van der Waals surface area contributed by atoms with Crippen molar-refractivity contribution in [3.63, 3.8) is 0 Å². The van der Waals surface area contributed by atoms with Crippen molar-refractivity contribution in [2.45, 2.75) is 110 Å². The quantitative estimate of drug-likeness (QED) is 0.0864. The van der Waals surface area contributed by atoms with Gasteiger partial charge in [-0.1, -0.05) is 40.5 Å². The number of amides is 4. The van der Waals surface area contributed by atoms with E-state index < -0.39 is 72.2 Å². The monoisotopic (exact) mass is 572 g/mol. The number of nitrogens with one attached hydrogen (secondary N) is 4. The minimum atomic E-state index is -1.36. The number of carbonyl (C=O) groups excluding carboxylic acids is 4. The average Bonchev–Trinajstić information content (AvgIpc) is 2.91. The van der Waals surface area contributed by atoms with Crippen LogP contribution < -0.4 is 32.7 Å². The molecule has 0 aliphatic heterocycles. The molecule has 14 nitrogen and oxygen atoms in total. The lowest BCUT2D eigenvalue weighted by atomic mass is 9.95. The van der Waals surface area contributed by atoms with E-state index >= 15 is 0 Å². The first kappa shape index (κ1) is 36.7. The largest absolute Gasteiger partial charge is 0.481 e. The molecule has 0 spiro atoms. The van der Waals surface area contributed by atoms with Crippen molar-refractivity contribution in [1.82, 2.24) is 21.3 Å². The Morgan fingerprint density at radius 3 is 1.77 bits per heavy atom. The van der Waals surface area contributed by atoms with Gasteiger partial charge in [-0.3, -0.25) is 24.0 Å². The summed E-state index contributed by atoms with van der Waals surface area (Å²) < 4.78 is 0. The smallest absolute Gasteiger partial charge is 0.326 e. The van der Waals surface area contributed by atoms with Crippen molar-refractivity contribution in [2.75, 3.05) is 6.54 Å². The highest BCUT2D eigenvalue weighted by molar-refractivity contribution is 5.95. The van der Waals surface area contributed by atoms with Crippen molar-refractivity contribution in [2.24, 2.45) is 23.3 Å². The van der Waals surface area contributed by atoms with Crippen LogP contribution in [-0.2, 0) is 28.8 Å². The van der Waals surface area contributed by atoms with Gasteiger partial charge in [-0.15, -0.1) is 0 Å². The fourth-order valence-electron chi connectivity index (χ4n) is 3.69. The summed E-state index contributed by atoms with van der Waals surface area (Å²) in [5.74, 6) is -5.66. The molecule has 0 aromatic carbocycles. The Kier molecular flexibility index (Phi) is 17.4. The SMILES string of the molecule is CC[C@H](C)[C@H](N)C(=O)N[C@H](C(=O)N[C@@H](C)C(=O)N[C@@H](CCC(=O)O)C(=O)N[C@@H](CCCCN)C(=O)O)[C@@H](C)CC. The van der Waals surface area contributed by atoms with Crippen LogP contribution in [0.2, 0.25) is 0 Å². The zero-order valence-corrected chi connectivity index (χ0v) is 24.2. The highest BCUT2D eigenvalue weighted by atomic mass is 16.4. The van der Waals surface area contributed by atoms with E-state index in [0.29, 0.717) is 32.2 Å². The molecule has 14 heteroatoms. The molecule has 40 heavy (non-hydrogen) atoms. The third-order valence-corrected chi connectivity index (χ3v) is 6.95. The Labute approximate surface area is 235 Å². The molecule has 7 atom stereocenters. The van der Waals surface area contributed by atoms with Crippen molar-refractivity contribution in [3.8, 4) is 0 Å². The second-order valence-corrected chi connectivity index (χ2v) is 10.2. The van der Waals surface area contributed by atoms with E-state index in [1.165, 1.54) is 6.92 Å². The Hall–Kier alpha value is -3.26. The average molecular weight is 573 g/mol. The molecule has 0 bridgehead atoms. The number of carbonyl (C=O) groups is 6. The number of carboxylic acid groups (broad SMARTS) is 2. The van der Waals surface area contributed by atoms with Gasteiger partial charge in [0.25, 0.3) is 0 Å². The van der Waals surface area contributed by atoms with Crippen LogP contribution in [-0.4, -0.2) is 82.5 Å². The topological polar surface area (TPSA) is 243 Å². The number of hydrogen-bond donors (Lipinski definition) is 8. The van der Waals surface area contributed by atoms with Crippen LogP contribution in [0.1, 0.15) is 79.6 Å². The first-order valence-corrected chi connectivity index (χ1v) is 13.8. The molecule has 0 unspecified atom stereocenters. The summed E-state index contributed by atoms with van der Waals surface area (Å²) >= 11 is 0. The second kappa shape index (κ2) is 18.9. The molecule has 0 aromatic heterocycles. The molecule has 0 heterocycles. The molecule has 0 aliphatic carbocycles. The Balaban J connectivity index is 5.52. The maximum Gasteiger partial charge on any atom is 0.326 e. The van der Waals surface area contributed by atoms with Gasteiger partial charge in [0, 0.05) is 6.42 Å². The summed E-state index contributed by atoms with van der Waals surface area (Å²) in [6.45, 7) is 9.05. The van der Waals surface area contributed by atoms with Crippen molar-refractivity contribution >= 4 is 35.6 Å². The van der Waals surface area contributed by atoms with Gasteiger partial charge >= 0.3 is 11.9 Å². The number of hydrogen-bond acceptors (Lipinski definition) is 8. The van der Waals surface area contributed by atoms with Crippen molar-refractivity contribution in [1.29, 1.82) is 0 Å². The van der Waals surface area contributed by atoms with E-state index in [-0.39, 0.29) is 24.7 Å². The van der Waals surface area contributed by atoms with Gasteiger partial charge < -0.3 is 42.9 Å². The normalized spacial score (nSPS) is 16.3. The molecule has 0 aliphatic rings. The van der Waals surface area contributed by atoms with E-state index in [0.717, 1.165) is 0 Å². The maximum atomic E-state index is 13.1. The van der Waals surface area contributed by atoms with Gasteiger partial charge in [-0.2, -0.15) is 0 Å². The summed E-state index contributed by atoms with van der Waals surface area (Å²) in [6, 6.07) is -5.57. The summed E-state index contributed by atoms with van der Waals surface area (Å²) in [5, 5.41) is 28.4. The van der Waals surface area contributed by atoms with Crippen LogP contribution in [0.4, 0.5) is 0 Å². The van der Waals surface area contributed by atoms with E-state index in [1.807, 2.05) is 20.8 Å². The minimum absolute atomic E-state index is 0.105. The molecule has 0 radical (unpaired) electrons. The molecule has 10 N–H and O–H groups in total. The zero-order chi connectivity index (χ0) is 31.0. The summed E-state index contributed by atoms with van der Waals surface area (Å²) in [4.78, 5) is 74.1. The van der Waals surface area contributed by atoms with Gasteiger partial charge in [0.1, 0.15) is 24.2 Å². The number of rotatable bonds is 20. The van der Waals surface area contributed by atoms with Gasteiger partial charge in [0.15, 0.2) is 0 Å². The third kappa shape index (κ3) is 13.2. The van der Waals surface area contributed by atoms with Crippen molar-refractivity contribution < 1.29 is 39.0 Å². The number of unbranched alkanes of at least 4 members (excludes halogenated alkanes) is 1. The van der Waals surface area contributed by atoms with Gasteiger partial charge in [0.2, 0.25) is 23.6 Å². The van der Waals surface area contributed by atoms with E-state index in [1.54, 1.807) is 6.92 Å². The second-order valence-electron chi connectivity index (χ2n) is 10.2. The lowest BCUT2D eigenvalue weighted by molar-refractivity contribution is -0.143. The van der Waals surface area contributed by atoms with E-state index in [2.05, 4.69) is 21.3 Å². The first-order valence-electron chi connectivity index (χ1n) is 13.8. The highest BCUT2D eigenvalue weighted by Crippen LogP contribution is 2.11. The fourth-order valence-corrected chi connectivity index (χ4v) is 3.69. The number of nitrogens with two attached hydrogens (primary N) is 2. The fraction of sp³-hybridized carbons (Fsp3) is 0.769. The van der Waals surface area contributed by atoms with Crippen molar-refractivity contribution in [3.05, 3.63) is 0 Å². The molecule has 0 fully saturated rings. The lowest BCUT2D eigenvalue weighted by Gasteiger charge is -2.28. The number of aliphatic carboxylic acids is 2. The van der Waals surface area contributed by atoms with Crippen LogP contribution in [0, 0.1) is 11.8 Å². The summed E-state index contributed by atoms with van der Waals surface area (Å²) in [6.07, 6.45) is 1.55. The van der Waals surface area contributed by atoms with Crippen LogP contribution >= 0.6 is 0 Å². The Bertz CT molecular complexity index is 870. The molecule has 4 amide bonds. The van der Waals surface area contributed by atoms with Gasteiger partial charge in [0.05, 0.1) is 6.04 Å². The van der Waals surface area contributed by atoms with Crippen LogP contribution in [0.5, 0.6) is 0 Å².